The summed E-state index contributed by atoms with van der Waals surface area (Å²) in [5.41, 5.74) is 6.36. The largest absolute Gasteiger partial charge is 0.497 e. The SMILES string of the molecule is CCOc1oc(-c2ccc(OC)cc2)nc1CC(N)=O. The Balaban J connectivity index is 2.33. The first-order chi connectivity index (χ1) is 9.63. The second kappa shape index (κ2) is 6.10. The monoisotopic (exact) mass is 276 g/mol. The lowest BCUT2D eigenvalue weighted by Crippen LogP contribution is -2.14. The Hall–Kier alpha value is -2.50. The number of primary amides is 1. The molecule has 0 aliphatic heterocycles. The maximum Gasteiger partial charge on any atom is 0.309 e. The van der Waals surface area contributed by atoms with E-state index in [9.17, 15) is 4.79 Å². The second-order valence-electron chi connectivity index (χ2n) is 4.06. The lowest BCUT2D eigenvalue weighted by Gasteiger charge is -2.00. The van der Waals surface area contributed by atoms with E-state index >= 15 is 0 Å². The molecule has 0 aliphatic rings. The van der Waals surface area contributed by atoms with Crippen LogP contribution in [0.2, 0.25) is 0 Å². The molecule has 0 aliphatic carbocycles. The van der Waals surface area contributed by atoms with Crippen molar-refractivity contribution < 1.29 is 18.7 Å². The van der Waals surface area contributed by atoms with Crippen molar-refractivity contribution >= 4 is 5.91 Å². The van der Waals surface area contributed by atoms with Gasteiger partial charge in [0.2, 0.25) is 11.8 Å². The van der Waals surface area contributed by atoms with Crippen LogP contribution < -0.4 is 15.2 Å². The van der Waals surface area contributed by atoms with E-state index < -0.39 is 5.91 Å². The van der Waals surface area contributed by atoms with Crippen molar-refractivity contribution in [3.05, 3.63) is 30.0 Å². The van der Waals surface area contributed by atoms with Gasteiger partial charge in [0.1, 0.15) is 11.4 Å². The molecular formula is C14H16N2O4. The predicted molar refractivity (Wildman–Crippen MR) is 72.6 cm³/mol. The molecule has 0 spiro atoms. The third-order valence-corrected chi connectivity index (χ3v) is 2.62. The Morgan fingerprint density at radius 1 is 1.35 bits per heavy atom. The Morgan fingerprint density at radius 3 is 2.60 bits per heavy atom. The average molecular weight is 276 g/mol. The maximum atomic E-state index is 11.0. The fourth-order valence-electron chi connectivity index (χ4n) is 1.72. The summed E-state index contributed by atoms with van der Waals surface area (Å²) in [6.07, 6.45) is -0.0189. The molecule has 1 amide bonds. The molecule has 106 valence electrons. The third kappa shape index (κ3) is 3.09. The first-order valence-electron chi connectivity index (χ1n) is 6.19. The van der Waals surface area contributed by atoms with Crippen LogP contribution in [0.25, 0.3) is 11.5 Å². The van der Waals surface area contributed by atoms with Gasteiger partial charge in [0.25, 0.3) is 0 Å². The van der Waals surface area contributed by atoms with Gasteiger partial charge in [-0.3, -0.25) is 4.79 Å². The van der Waals surface area contributed by atoms with Crippen LogP contribution in [0.3, 0.4) is 0 Å². The third-order valence-electron chi connectivity index (χ3n) is 2.62. The molecule has 1 aromatic heterocycles. The van der Waals surface area contributed by atoms with Crippen molar-refractivity contribution in [1.29, 1.82) is 0 Å². The maximum absolute atomic E-state index is 11.0. The van der Waals surface area contributed by atoms with Crippen molar-refractivity contribution in [3.8, 4) is 23.1 Å². The van der Waals surface area contributed by atoms with Gasteiger partial charge in [-0.2, -0.15) is 0 Å². The van der Waals surface area contributed by atoms with E-state index in [1.165, 1.54) is 0 Å². The molecule has 6 heteroatoms. The molecule has 0 unspecified atom stereocenters. The number of hydrogen-bond acceptors (Lipinski definition) is 5. The van der Waals surface area contributed by atoms with Crippen LogP contribution >= 0.6 is 0 Å². The molecule has 0 bridgehead atoms. The number of benzene rings is 1. The van der Waals surface area contributed by atoms with Crippen LogP contribution in [0, 0.1) is 0 Å². The number of nitrogens with zero attached hydrogens (tertiary/aromatic N) is 1. The minimum atomic E-state index is -0.486. The molecule has 2 N–H and O–H groups in total. The number of rotatable bonds is 6. The summed E-state index contributed by atoms with van der Waals surface area (Å²) in [4.78, 5) is 15.3. The minimum Gasteiger partial charge on any atom is -0.497 e. The van der Waals surface area contributed by atoms with Gasteiger partial charge >= 0.3 is 5.95 Å². The van der Waals surface area contributed by atoms with E-state index in [2.05, 4.69) is 4.98 Å². The van der Waals surface area contributed by atoms with Crippen LogP contribution in [-0.2, 0) is 11.2 Å². The summed E-state index contributed by atoms with van der Waals surface area (Å²) in [5, 5.41) is 0. The molecular weight excluding hydrogens is 260 g/mol. The van der Waals surface area contributed by atoms with Gasteiger partial charge in [0.05, 0.1) is 20.1 Å². The lowest BCUT2D eigenvalue weighted by molar-refractivity contribution is -0.117. The first-order valence-corrected chi connectivity index (χ1v) is 6.19. The molecule has 20 heavy (non-hydrogen) atoms. The molecule has 0 saturated carbocycles. The standard InChI is InChI=1S/C14H16N2O4/c1-3-19-14-11(8-12(15)17)16-13(20-14)9-4-6-10(18-2)7-5-9/h4-7H,3,8H2,1-2H3,(H2,15,17). The summed E-state index contributed by atoms with van der Waals surface area (Å²) < 4.78 is 15.9. The molecule has 2 rings (SSSR count). The summed E-state index contributed by atoms with van der Waals surface area (Å²) in [7, 11) is 1.60. The van der Waals surface area contributed by atoms with Crippen LogP contribution in [0.5, 0.6) is 11.7 Å². The smallest absolute Gasteiger partial charge is 0.309 e. The van der Waals surface area contributed by atoms with Crippen LogP contribution in [0.4, 0.5) is 0 Å². The number of hydrogen-bond donors (Lipinski definition) is 1. The highest BCUT2D eigenvalue weighted by Crippen LogP contribution is 2.28. The summed E-state index contributed by atoms with van der Waals surface area (Å²) >= 11 is 0. The van der Waals surface area contributed by atoms with Crippen molar-refractivity contribution in [2.75, 3.05) is 13.7 Å². The van der Waals surface area contributed by atoms with E-state index in [0.29, 0.717) is 18.2 Å². The zero-order chi connectivity index (χ0) is 14.5. The Labute approximate surface area is 116 Å². The van der Waals surface area contributed by atoms with Crippen LogP contribution in [0.15, 0.2) is 28.7 Å². The second-order valence-corrected chi connectivity index (χ2v) is 4.06. The number of amides is 1. The fourth-order valence-corrected chi connectivity index (χ4v) is 1.72. The zero-order valence-electron chi connectivity index (χ0n) is 11.4. The van der Waals surface area contributed by atoms with Gasteiger partial charge in [0, 0.05) is 5.56 Å². The van der Waals surface area contributed by atoms with E-state index in [-0.39, 0.29) is 12.4 Å². The quantitative estimate of drug-likeness (QED) is 0.868. The number of nitrogens with two attached hydrogens (primary N) is 1. The summed E-state index contributed by atoms with van der Waals surface area (Å²) in [6, 6.07) is 7.23. The van der Waals surface area contributed by atoms with E-state index in [0.717, 1.165) is 11.3 Å². The lowest BCUT2D eigenvalue weighted by atomic mass is 10.2. The highest BCUT2D eigenvalue weighted by molar-refractivity contribution is 5.76. The van der Waals surface area contributed by atoms with Crippen LogP contribution in [-0.4, -0.2) is 24.6 Å². The van der Waals surface area contributed by atoms with Gasteiger partial charge in [-0.05, 0) is 31.2 Å². The van der Waals surface area contributed by atoms with E-state index in [4.69, 9.17) is 19.6 Å². The van der Waals surface area contributed by atoms with E-state index in [1.807, 2.05) is 19.1 Å². The predicted octanol–water partition coefficient (Wildman–Crippen LogP) is 1.78. The Morgan fingerprint density at radius 2 is 2.05 bits per heavy atom. The normalized spacial score (nSPS) is 10.3. The number of ether oxygens (including phenoxy) is 2. The Kier molecular flexibility index (Phi) is 4.24. The topological polar surface area (TPSA) is 87.6 Å². The highest BCUT2D eigenvalue weighted by atomic mass is 16.6. The first kappa shape index (κ1) is 13.9. The molecule has 0 fully saturated rings. The molecule has 1 heterocycles. The van der Waals surface area contributed by atoms with Gasteiger partial charge in [0.15, 0.2) is 0 Å². The van der Waals surface area contributed by atoms with Crippen molar-refractivity contribution in [2.24, 2.45) is 5.73 Å². The highest BCUT2D eigenvalue weighted by Gasteiger charge is 2.17. The fraction of sp³-hybridized carbons (Fsp3) is 0.286. The Bertz CT molecular complexity index is 590. The van der Waals surface area contributed by atoms with Gasteiger partial charge in [-0.25, -0.2) is 4.98 Å². The van der Waals surface area contributed by atoms with E-state index in [1.54, 1.807) is 19.2 Å². The molecule has 0 radical (unpaired) electrons. The van der Waals surface area contributed by atoms with Crippen molar-refractivity contribution in [1.82, 2.24) is 4.98 Å². The van der Waals surface area contributed by atoms with Gasteiger partial charge in [-0.1, -0.05) is 0 Å². The summed E-state index contributed by atoms with van der Waals surface area (Å²) in [6.45, 7) is 2.24. The van der Waals surface area contributed by atoms with Gasteiger partial charge < -0.3 is 19.6 Å². The number of oxazole rings is 1. The molecule has 0 saturated heterocycles. The van der Waals surface area contributed by atoms with Crippen molar-refractivity contribution in [3.63, 3.8) is 0 Å². The van der Waals surface area contributed by atoms with Crippen molar-refractivity contribution in [2.45, 2.75) is 13.3 Å². The molecule has 1 aromatic carbocycles. The molecule has 6 nitrogen and oxygen atoms in total. The van der Waals surface area contributed by atoms with Crippen LogP contribution in [0.1, 0.15) is 12.6 Å². The molecule has 0 atom stereocenters. The summed E-state index contributed by atoms with van der Waals surface area (Å²) in [5.74, 6) is 0.868. The number of carbonyl (C=O) groups excluding carboxylic acids is 1. The minimum absolute atomic E-state index is 0.0189. The number of aromatic nitrogens is 1. The molecule has 2 aromatic rings. The number of methoxy groups -OCH3 is 1. The van der Waals surface area contributed by atoms with Gasteiger partial charge in [-0.15, -0.1) is 0 Å². The number of carbonyl (C=O) groups is 1. The zero-order valence-corrected chi connectivity index (χ0v) is 11.4. The average Bonchev–Trinajstić information content (AvgIpc) is 2.82.